The molecule has 0 aromatic rings. The van der Waals surface area contributed by atoms with Crippen LogP contribution in [0.1, 0.15) is 13.8 Å². The summed E-state index contributed by atoms with van der Waals surface area (Å²) in [6.07, 6.45) is -0.314. The van der Waals surface area contributed by atoms with Crippen LogP contribution in [0.15, 0.2) is 0 Å². The molecule has 0 saturated carbocycles. The Hall–Kier alpha value is -0.0900. The molecule has 0 bridgehead atoms. The Balaban J connectivity index is 4.35. The summed E-state index contributed by atoms with van der Waals surface area (Å²) in [7, 11) is -3.34. The second-order valence-electron chi connectivity index (χ2n) is 2.43. The molecule has 0 aromatic heterocycles. The number of carbonyl (C=O) groups is 1. The van der Waals surface area contributed by atoms with E-state index in [0.717, 1.165) is 0 Å². The number of hydrogen-bond acceptors (Lipinski definition) is 4. The molecular formula is C7H14ClO5P. The van der Waals surface area contributed by atoms with Crippen molar-refractivity contribution in [3.8, 4) is 0 Å². The summed E-state index contributed by atoms with van der Waals surface area (Å²) in [5, 5.41) is 7.27. The Labute approximate surface area is 87.9 Å². The van der Waals surface area contributed by atoms with Crippen molar-refractivity contribution < 1.29 is 23.5 Å². The Bertz CT molecular complexity index is 222. The van der Waals surface area contributed by atoms with Crippen LogP contribution in [0.5, 0.6) is 0 Å². The van der Waals surface area contributed by atoms with Crippen LogP contribution in [0.2, 0.25) is 0 Å². The molecule has 0 amide bonds. The largest absolute Gasteiger partial charge is 0.480 e. The van der Waals surface area contributed by atoms with Gasteiger partial charge in [-0.15, -0.1) is 11.6 Å². The van der Waals surface area contributed by atoms with Gasteiger partial charge in [-0.05, 0) is 13.8 Å². The fraction of sp³-hybridized carbons (Fsp3) is 0.857. The number of carboxylic acids is 1. The molecule has 0 aliphatic rings. The molecule has 0 rings (SSSR count). The lowest BCUT2D eigenvalue weighted by atomic mass is 10.5. The van der Waals surface area contributed by atoms with Gasteiger partial charge in [0.15, 0.2) is 0 Å². The van der Waals surface area contributed by atoms with Crippen LogP contribution >= 0.6 is 19.2 Å². The zero-order valence-electron chi connectivity index (χ0n) is 8.10. The second kappa shape index (κ2) is 6.40. The minimum Gasteiger partial charge on any atom is -0.480 e. The molecule has 0 radical (unpaired) electrons. The standard InChI is InChI=1S/C7H14ClO5P/c1-3-12-14(11,13-4-2)5-6(8)7(9)10/h6H,3-5H2,1-2H3,(H,9,10). The summed E-state index contributed by atoms with van der Waals surface area (Å²) in [4.78, 5) is 10.4. The highest BCUT2D eigenvalue weighted by molar-refractivity contribution is 7.54. The van der Waals surface area contributed by atoms with Crippen molar-refractivity contribution in [1.82, 2.24) is 0 Å². The van der Waals surface area contributed by atoms with E-state index in [1.165, 1.54) is 0 Å². The maximum absolute atomic E-state index is 11.7. The van der Waals surface area contributed by atoms with E-state index in [1.54, 1.807) is 13.8 Å². The van der Waals surface area contributed by atoms with Crippen LogP contribution < -0.4 is 0 Å². The van der Waals surface area contributed by atoms with Gasteiger partial charge in [0.25, 0.3) is 0 Å². The second-order valence-corrected chi connectivity index (χ2v) is 5.06. The van der Waals surface area contributed by atoms with Crippen LogP contribution in [0.25, 0.3) is 0 Å². The summed E-state index contributed by atoms with van der Waals surface area (Å²) in [6.45, 7) is 3.69. The van der Waals surface area contributed by atoms with Gasteiger partial charge in [0.05, 0.1) is 19.4 Å². The average molecular weight is 245 g/mol. The monoisotopic (exact) mass is 244 g/mol. The summed E-state index contributed by atoms with van der Waals surface area (Å²) >= 11 is 5.44. The Morgan fingerprint density at radius 2 is 1.86 bits per heavy atom. The molecule has 1 atom stereocenters. The number of hydrogen-bond donors (Lipinski definition) is 1. The lowest BCUT2D eigenvalue weighted by Gasteiger charge is -2.17. The highest BCUT2D eigenvalue weighted by Crippen LogP contribution is 2.49. The highest BCUT2D eigenvalue weighted by atomic mass is 35.5. The normalized spacial score (nSPS) is 13.9. The average Bonchev–Trinajstić information content (AvgIpc) is 2.04. The molecule has 0 saturated heterocycles. The lowest BCUT2D eigenvalue weighted by molar-refractivity contribution is -0.136. The van der Waals surface area contributed by atoms with Crippen molar-refractivity contribution in [2.75, 3.05) is 19.4 Å². The van der Waals surface area contributed by atoms with Gasteiger partial charge < -0.3 is 14.2 Å². The Morgan fingerprint density at radius 3 is 2.14 bits per heavy atom. The van der Waals surface area contributed by atoms with Crippen molar-refractivity contribution in [3.63, 3.8) is 0 Å². The van der Waals surface area contributed by atoms with Crippen molar-refractivity contribution >= 4 is 25.2 Å². The summed E-state index contributed by atoms with van der Waals surface area (Å²) < 4.78 is 21.5. The van der Waals surface area contributed by atoms with E-state index in [1.807, 2.05) is 0 Å². The molecule has 0 fully saturated rings. The number of aliphatic carboxylic acids is 1. The maximum atomic E-state index is 11.7. The van der Waals surface area contributed by atoms with Crippen LogP contribution in [0, 0.1) is 0 Å². The van der Waals surface area contributed by atoms with Gasteiger partial charge in [0.2, 0.25) is 0 Å². The zero-order chi connectivity index (χ0) is 11.2. The van der Waals surface area contributed by atoms with E-state index in [2.05, 4.69) is 0 Å². The molecule has 0 aliphatic heterocycles. The predicted octanol–water partition coefficient (Wildman–Crippen LogP) is 1.94. The van der Waals surface area contributed by atoms with Crippen molar-refractivity contribution in [1.29, 1.82) is 0 Å². The van der Waals surface area contributed by atoms with E-state index in [9.17, 15) is 9.36 Å². The maximum Gasteiger partial charge on any atom is 0.332 e. The highest BCUT2D eigenvalue weighted by Gasteiger charge is 2.30. The van der Waals surface area contributed by atoms with Crippen LogP contribution in [0.4, 0.5) is 0 Å². The molecule has 7 heteroatoms. The smallest absolute Gasteiger partial charge is 0.332 e. The molecule has 0 heterocycles. The first-order valence-electron chi connectivity index (χ1n) is 4.20. The van der Waals surface area contributed by atoms with Gasteiger partial charge in [-0.25, -0.2) is 0 Å². The van der Waals surface area contributed by atoms with Gasteiger partial charge in [0.1, 0.15) is 5.38 Å². The molecule has 1 N–H and O–H groups in total. The molecule has 0 spiro atoms. The quantitative estimate of drug-likeness (QED) is 0.547. The first kappa shape index (κ1) is 13.9. The summed E-state index contributed by atoms with van der Waals surface area (Å²) in [5.41, 5.74) is 0. The molecule has 84 valence electrons. The fourth-order valence-corrected chi connectivity index (χ4v) is 2.94. The van der Waals surface area contributed by atoms with Gasteiger partial charge in [-0.3, -0.25) is 9.36 Å². The van der Waals surface area contributed by atoms with E-state index in [0.29, 0.717) is 0 Å². The number of carboxylic acid groups (broad SMARTS) is 1. The van der Waals surface area contributed by atoms with E-state index < -0.39 is 18.9 Å². The van der Waals surface area contributed by atoms with Crippen molar-refractivity contribution in [3.05, 3.63) is 0 Å². The van der Waals surface area contributed by atoms with Crippen LogP contribution in [-0.4, -0.2) is 35.8 Å². The van der Waals surface area contributed by atoms with Gasteiger partial charge >= 0.3 is 13.6 Å². The first-order valence-corrected chi connectivity index (χ1v) is 6.36. The lowest BCUT2D eigenvalue weighted by Crippen LogP contribution is -2.19. The first-order chi connectivity index (χ1) is 6.45. The Morgan fingerprint density at radius 1 is 1.43 bits per heavy atom. The molecule has 14 heavy (non-hydrogen) atoms. The molecule has 0 aliphatic carbocycles. The third-order valence-electron chi connectivity index (χ3n) is 1.30. The molecule has 1 unspecified atom stereocenters. The summed E-state index contributed by atoms with van der Waals surface area (Å²) in [5.74, 6) is -1.23. The van der Waals surface area contributed by atoms with Gasteiger partial charge in [0, 0.05) is 0 Å². The van der Waals surface area contributed by atoms with E-state index in [-0.39, 0.29) is 19.4 Å². The minimum absolute atomic E-state index is 0.195. The number of rotatable bonds is 7. The number of halogens is 1. The van der Waals surface area contributed by atoms with Crippen LogP contribution in [0.3, 0.4) is 0 Å². The molecule has 5 nitrogen and oxygen atoms in total. The fourth-order valence-electron chi connectivity index (χ4n) is 0.810. The Kier molecular flexibility index (Phi) is 6.36. The van der Waals surface area contributed by atoms with Gasteiger partial charge in [-0.2, -0.15) is 0 Å². The topological polar surface area (TPSA) is 72.8 Å². The summed E-state index contributed by atoms with van der Waals surface area (Å²) in [6, 6.07) is 0. The van der Waals surface area contributed by atoms with E-state index >= 15 is 0 Å². The number of alkyl halides is 1. The SMILES string of the molecule is CCOP(=O)(CC(Cl)C(=O)O)OCC. The zero-order valence-corrected chi connectivity index (χ0v) is 9.75. The molecular weight excluding hydrogens is 230 g/mol. The van der Waals surface area contributed by atoms with Crippen molar-refractivity contribution in [2.24, 2.45) is 0 Å². The third-order valence-corrected chi connectivity index (χ3v) is 3.98. The predicted molar refractivity (Wildman–Crippen MR) is 53.0 cm³/mol. The van der Waals surface area contributed by atoms with Crippen molar-refractivity contribution in [2.45, 2.75) is 19.2 Å². The molecule has 0 aromatic carbocycles. The van der Waals surface area contributed by atoms with Gasteiger partial charge in [-0.1, -0.05) is 0 Å². The van der Waals surface area contributed by atoms with E-state index in [4.69, 9.17) is 25.8 Å². The third kappa shape index (κ3) is 4.96. The minimum atomic E-state index is -3.34. The van der Waals surface area contributed by atoms with Crippen LogP contribution in [-0.2, 0) is 18.4 Å².